The van der Waals surface area contributed by atoms with Crippen molar-refractivity contribution in [3.8, 4) is 5.75 Å². The summed E-state index contributed by atoms with van der Waals surface area (Å²) in [6, 6.07) is 10.4. The highest BCUT2D eigenvalue weighted by molar-refractivity contribution is 9.11. The summed E-state index contributed by atoms with van der Waals surface area (Å²) in [5.41, 5.74) is 8.06. The lowest BCUT2D eigenvalue weighted by atomic mass is 10.1. The van der Waals surface area contributed by atoms with Gasteiger partial charge in [0.1, 0.15) is 12.4 Å². The first kappa shape index (κ1) is 13.6. The molecular weight excluding hydrogens is 310 g/mol. The molecule has 2 nitrogen and oxygen atoms in total. The van der Waals surface area contributed by atoms with Crippen molar-refractivity contribution in [1.82, 2.24) is 0 Å². The quantitative estimate of drug-likeness (QED) is 0.904. The van der Waals surface area contributed by atoms with Crippen LogP contribution in [0, 0.1) is 6.92 Å². The molecule has 0 fully saturated rings. The van der Waals surface area contributed by atoms with Crippen molar-refractivity contribution >= 4 is 27.3 Å². The summed E-state index contributed by atoms with van der Waals surface area (Å²) in [6.07, 6.45) is 0.852. The fourth-order valence-electron chi connectivity index (χ4n) is 1.78. The van der Waals surface area contributed by atoms with E-state index in [9.17, 15) is 0 Å². The predicted molar refractivity (Wildman–Crippen MR) is 80.3 cm³/mol. The molecule has 0 aliphatic heterocycles. The average molecular weight is 326 g/mol. The van der Waals surface area contributed by atoms with Crippen molar-refractivity contribution in [2.24, 2.45) is 5.73 Å². The largest absolute Gasteiger partial charge is 0.488 e. The third-order valence-electron chi connectivity index (χ3n) is 2.63. The summed E-state index contributed by atoms with van der Waals surface area (Å²) in [5, 5.41) is 0. The number of halogens is 1. The average Bonchev–Trinajstić information content (AvgIpc) is 2.75. The molecule has 2 rings (SSSR count). The van der Waals surface area contributed by atoms with Gasteiger partial charge < -0.3 is 10.5 Å². The van der Waals surface area contributed by atoms with Crippen LogP contribution in [0.4, 0.5) is 0 Å². The fraction of sp³-hybridized carbons (Fsp3) is 0.286. The van der Waals surface area contributed by atoms with E-state index < -0.39 is 0 Å². The third kappa shape index (κ3) is 3.57. The van der Waals surface area contributed by atoms with Crippen molar-refractivity contribution in [3.05, 3.63) is 50.1 Å². The Morgan fingerprint density at radius 1 is 1.28 bits per heavy atom. The van der Waals surface area contributed by atoms with Crippen molar-refractivity contribution in [2.45, 2.75) is 20.0 Å². The summed E-state index contributed by atoms with van der Waals surface area (Å²) < 4.78 is 7.01. The van der Waals surface area contributed by atoms with Crippen LogP contribution in [0.5, 0.6) is 5.75 Å². The number of hydrogen-bond acceptors (Lipinski definition) is 3. The van der Waals surface area contributed by atoms with E-state index in [0.29, 0.717) is 13.2 Å². The Morgan fingerprint density at radius 3 is 2.78 bits per heavy atom. The van der Waals surface area contributed by atoms with Gasteiger partial charge in [-0.05, 0) is 59.6 Å². The molecule has 2 aromatic rings. The number of nitrogens with two attached hydrogens (primary N) is 1. The number of aryl methyl sites for hydroxylation is 1. The fourth-order valence-corrected chi connectivity index (χ4v) is 3.17. The minimum absolute atomic E-state index is 0.608. The zero-order valence-corrected chi connectivity index (χ0v) is 12.7. The zero-order chi connectivity index (χ0) is 13.0. The number of ether oxygens (including phenoxy) is 1. The molecule has 0 aliphatic rings. The number of hydrogen-bond donors (Lipinski definition) is 1. The van der Waals surface area contributed by atoms with Crippen LogP contribution < -0.4 is 10.5 Å². The second-order valence-electron chi connectivity index (χ2n) is 4.14. The van der Waals surface area contributed by atoms with Crippen LogP contribution in [0.2, 0.25) is 0 Å². The molecule has 0 aliphatic carbocycles. The second kappa shape index (κ2) is 6.36. The van der Waals surface area contributed by atoms with Crippen molar-refractivity contribution in [1.29, 1.82) is 0 Å². The van der Waals surface area contributed by atoms with Crippen LogP contribution >= 0.6 is 27.3 Å². The molecule has 0 radical (unpaired) electrons. The van der Waals surface area contributed by atoms with E-state index in [0.717, 1.165) is 16.0 Å². The molecule has 1 aromatic heterocycles. The first-order valence-corrected chi connectivity index (χ1v) is 7.46. The molecule has 0 saturated carbocycles. The van der Waals surface area contributed by atoms with E-state index in [4.69, 9.17) is 10.5 Å². The van der Waals surface area contributed by atoms with Crippen LogP contribution in [0.3, 0.4) is 0 Å². The maximum absolute atomic E-state index is 5.88. The Kier molecular flexibility index (Phi) is 4.80. The summed E-state index contributed by atoms with van der Waals surface area (Å²) in [5.74, 6) is 0.940. The molecule has 0 spiro atoms. The normalized spacial score (nSPS) is 10.6. The van der Waals surface area contributed by atoms with Gasteiger partial charge in [0.05, 0.1) is 3.79 Å². The highest BCUT2D eigenvalue weighted by atomic mass is 79.9. The lowest BCUT2D eigenvalue weighted by molar-refractivity contribution is 0.306. The molecule has 2 N–H and O–H groups in total. The Labute approximate surface area is 120 Å². The molecule has 0 unspecified atom stereocenters. The first-order chi connectivity index (χ1) is 8.69. The van der Waals surface area contributed by atoms with Crippen molar-refractivity contribution < 1.29 is 4.74 Å². The molecule has 1 aromatic carbocycles. The van der Waals surface area contributed by atoms with E-state index in [1.807, 2.05) is 12.1 Å². The van der Waals surface area contributed by atoms with Gasteiger partial charge in [-0.25, -0.2) is 0 Å². The Balaban J connectivity index is 2.08. The van der Waals surface area contributed by atoms with E-state index in [2.05, 4.69) is 41.1 Å². The molecule has 0 bridgehead atoms. The molecule has 96 valence electrons. The van der Waals surface area contributed by atoms with Gasteiger partial charge in [-0.2, -0.15) is 0 Å². The summed E-state index contributed by atoms with van der Waals surface area (Å²) in [6.45, 7) is 3.33. The Bertz CT molecular complexity index is 524. The topological polar surface area (TPSA) is 35.2 Å². The Morgan fingerprint density at radius 2 is 2.11 bits per heavy atom. The number of benzene rings is 1. The monoisotopic (exact) mass is 325 g/mol. The summed E-state index contributed by atoms with van der Waals surface area (Å²) in [7, 11) is 0. The van der Waals surface area contributed by atoms with Gasteiger partial charge in [-0.15, -0.1) is 11.3 Å². The predicted octanol–water partition coefficient (Wildman–Crippen LogP) is 3.90. The highest BCUT2D eigenvalue weighted by Gasteiger charge is 2.05. The van der Waals surface area contributed by atoms with E-state index >= 15 is 0 Å². The van der Waals surface area contributed by atoms with E-state index in [-0.39, 0.29) is 0 Å². The van der Waals surface area contributed by atoms with Crippen LogP contribution in [0.1, 0.15) is 16.0 Å². The standard InChI is InChI=1S/C14H16BrNOS/c1-10-2-4-13(11(8-10)6-7-16)17-9-12-3-5-14(15)18-12/h2-5,8H,6-7,9,16H2,1H3. The first-order valence-electron chi connectivity index (χ1n) is 5.85. The van der Waals surface area contributed by atoms with Crippen molar-refractivity contribution in [2.75, 3.05) is 6.54 Å². The van der Waals surface area contributed by atoms with Gasteiger partial charge in [-0.1, -0.05) is 17.7 Å². The minimum atomic E-state index is 0.608. The van der Waals surface area contributed by atoms with Gasteiger partial charge in [0.2, 0.25) is 0 Å². The smallest absolute Gasteiger partial charge is 0.123 e. The molecule has 0 saturated heterocycles. The van der Waals surface area contributed by atoms with Crippen LogP contribution in [-0.4, -0.2) is 6.54 Å². The lowest BCUT2D eigenvalue weighted by Gasteiger charge is -2.11. The van der Waals surface area contributed by atoms with Gasteiger partial charge in [0.15, 0.2) is 0 Å². The maximum atomic E-state index is 5.88. The highest BCUT2D eigenvalue weighted by Crippen LogP contribution is 2.25. The Hall–Kier alpha value is -0.840. The second-order valence-corrected chi connectivity index (χ2v) is 6.69. The van der Waals surface area contributed by atoms with E-state index in [1.165, 1.54) is 16.0 Å². The van der Waals surface area contributed by atoms with Gasteiger partial charge in [0.25, 0.3) is 0 Å². The number of thiophene rings is 1. The third-order valence-corrected chi connectivity index (χ3v) is 4.23. The molecule has 1 heterocycles. The SMILES string of the molecule is Cc1ccc(OCc2ccc(Br)s2)c(CCN)c1. The van der Waals surface area contributed by atoms with Crippen LogP contribution in [0.25, 0.3) is 0 Å². The summed E-state index contributed by atoms with van der Waals surface area (Å²) >= 11 is 5.15. The molecular formula is C14H16BrNOS. The molecule has 4 heteroatoms. The van der Waals surface area contributed by atoms with Gasteiger partial charge in [0, 0.05) is 4.88 Å². The van der Waals surface area contributed by atoms with Gasteiger partial charge >= 0.3 is 0 Å². The lowest BCUT2D eigenvalue weighted by Crippen LogP contribution is -2.05. The zero-order valence-electron chi connectivity index (χ0n) is 10.3. The van der Waals surface area contributed by atoms with Crippen LogP contribution in [-0.2, 0) is 13.0 Å². The van der Waals surface area contributed by atoms with Gasteiger partial charge in [-0.3, -0.25) is 0 Å². The minimum Gasteiger partial charge on any atom is -0.488 e. The molecule has 0 amide bonds. The van der Waals surface area contributed by atoms with E-state index in [1.54, 1.807) is 11.3 Å². The summed E-state index contributed by atoms with van der Waals surface area (Å²) in [4.78, 5) is 1.21. The molecule has 0 atom stereocenters. The van der Waals surface area contributed by atoms with Crippen LogP contribution in [0.15, 0.2) is 34.1 Å². The maximum Gasteiger partial charge on any atom is 0.123 e. The molecule has 18 heavy (non-hydrogen) atoms. The number of rotatable bonds is 5. The van der Waals surface area contributed by atoms with Crippen molar-refractivity contribution in [3.63, 3.8) is 0 Å².